The van der Waals surface area contributed by atoms with Crippen molar-refractivity contribution in [2.75, 3.05) is 7.11 Å². The van der Waals surface area contributed by atoms with Gasteiger partial charge < -0.3 is 9.29 Å². The number of hydrogen-bond donors (Lipinski definition) is 1. The second kappa shape index (κ2) is 8.27. The van der Waals surface area contributed by atoms with Crippen LogP contribution in [-0.2, 0) is 24.1 Å². The number of benzene rings is 1. The van der Waals surface area contributed by atoms with E-state index in [1.165, 1.54) is 11.1 Å². The molecule has 0 radical (unpaired) electrons. The van der Waals surface area contributed by atoms with Crippen LogP contribution in [0.15, 0.2) is 18.2 Å². The highest BCUT2D eigenvalue weighted by atomic mass is 32.2. The minimum Gasteiger partial charge on any atom is -0.760 e. The second-order valence-electron chi connectivity index (χ2n) is 3.10. The molecule has 92 valence electrons. The van der Waals surface area contributed by atoms with Crippen molar-refractivity contribution >= 4 is 11.3 Å². The zero-order chi connectivity index (χ0) is 12.6. The van der Waals surface area contributed by atoms with Crippen LogP contribution in [0, 0.1) is 0 Å². The summed E-state index contributed by atoms with van der Waals surface area (Å²) in [6.07, 6.45) is 2.19. The lowest BCUT2D eigenvalue weighted by atomic mass is 10.0. The third-order valence-corrected chi connectivity index (χ3v) is 2.18. The Morgan fingerprint density at radius 2 is 1.81 bits per heavy atom. The van der Waals surface area contributed by atoms with Gasteiger partial charge >= 0.3 is 0 Å². The first-order valence-electron chi connectivity index (χ1n) is 5.04. The van der Waals surface area contributed by atoms with Crippen LogP contribution in [0.1, 0.15) is 25.0 Å². The van der Waals surface area contributed by atoms with Gasteiger partial charge in [-0.15, -0.1) is 0 Å². The quantitative estimate of drug-likeness (QED) is 0.820. The zero-order valence-corrected chi connectivity index (χ0v) is 10.7. The highest BCUT2D eigenvalue weighted by Crippen LogP contribution is 2.18. The molecule has 1 rings (SSSR count). The third-order valence-electron chi connectivity index (χ3n) is 2.18. The van der Waals surface area contributed by atoms with Crippen molar-refractivity contribution in [3.05, 3.63) is 29.3 Å². The standard InChI is InChI=1S/C11H16O.H3NO2S/c1-4-9-6-7-11(12-3)8-10(9)5-2;1-4(2)3/h6-8H,4-5H2,1-3H3;1H2,(H,2,3)/p-1. The van der Waals surface area contributed by atoms with E-state index in [2.05, 4.69) is 31.1 Å². The minimum absolute atomic E-state index is 0.962. The van der Waals surface area contributed by atoms with Crippen LogP contribution < -0.4 is 9.88 Å². The van der Waals surface area contributed by atoms with Crippen molar-refractivity contribution in [3.63, 3.8) is 0 Å². The molecule has 0 fully saturated rings. The molecular weight excluding hydrogens is 226 g/mol. The summed E-state index contributed by atoms with van der Waals surface area (Å²) in [5, 5.41) is 4.03. The molecule has 1 aromatic carbocycles. The van der Waals surface area contributed by atoms with E-state index in [9.17, 15) is 0 Å². The number of aryl methyl sites for hydroxylation is 2. The number of nitrogens with two attached hydrogens (primary N) is 1. The van der Waals surface area contributed by atoms with Crippen LogP contribution in [0.4, 0.5) is 0 Å². The van der Waals surface area contributed by atoms with E-state index in [1.807, 2.05) is 6.07 Å². The Morgan fingerprint density at radius 3 is 2.19 bits per heavy atom. The van der Waals surface area contributed by atoms with Crippen LogP contribution >= 0.6 is 0 Å². The predicted molar refractivity (Wildman–Crippen MR) is 64.9 cm³/mol. The van der Waals surface area contributed by atoms with Gasteiger partial charge in [0, 0.05) is 11.3 Å². The third kappa shape index (κ3) is 5.85. The maximum Gasteiger partial charge on any atom is 0.119 e. The van der Waals surface area contributed by atoms with Gasteiger partial charge in [-0.2, -0.15) is 0 Å². The van der Waals surface area contributed by atoms with E-state index in [4.69, 9.17) is 13.5 Å². The first kappa shape index (κ1) is 15.1. The summed E-state index contributed by atoms with van der Waals surface area (Å²) >= 11 is -2.36. The zero-order valence-electron chi connectivity index (χ0n) is 9.86. The molecule has 16 heavy (non-hydrogen) atoms. The van der Waals surface area contributed by atoms with Gasteiger partial charge in [0.05, 0.1) is 7.11 Å². The molecule has 0 aliphatic rings. The molecule has 0 aliphatic heterocycles. The van der Waals surface area contributed by atoms with Crippen molar-refractivity contribution in [3.8, 4) is 5.75 Å². The second-order valence-corrected chi connectivity index (χ2v) is 3.62. The average molecular weight is 244 g/mol. The Kier molecular flexibility index (Phi) is 7.80. The highest BCUT2D eigenvalue weighted by Gasteiger charge is 1.99. The summed E-state index contributed by atoms with van der Waals surface area (Å²) in [4.78, 5) is 0. The Bertz CT molecular complexity index is 338. The van der Waals surface area contributed by atoms with Gasteiger partial charge in [-0.1, -0.05) is 19.9 Å². The highest BCUT2D eigenvalue weighted by molar-refractivity contribution is 7.76. The summed E-state index contributed by atoms with van der Waals surface area (Å²) in [5.41, 5.74) is 2.83. The number of hydrogen-bond acceptors (Lipinski definition) is 3. The molecule has 2 N–H and O–H groups in total. The van der Waals surface area contributed by atoms with E-state index in [0.29, 0.717) is 0 Å². The number of methoxy groups -OCH3 is 1. The molecule has 0 aromatic heterocycles. The fourth-order valence-corrected chi connectivity index (χ4v) is 1.40. The Morgan fingerprint density at radius 1 is 1.31 bits per heavy atom. The molecule has 0 heterocycles. The molecule has 4 nitrogen and oxygen atoms in total. The van der Waals surface area contributed by atoms with Crippen LogP contribution in [0.3, 0.4) is 0 Å². The molecule has 1 atom stereocenters. The first-order valence-corrected chi connectivity index (χ1v) is 6.18. The SMILES string of the molecule is CCc1ccc(OC)cc1CC.NS(=O)[O-]. The van der Waals surface area contributed by atoms with E-state index in [-0.39, 0.29) is 0 Å². The summed E-state index contributed by atoms with van der Waals surface area (Å²) < 4.78 is 22.7. The fraction of sp³-hybridized carbons (Fsp3) is 0.455. The number of ether oxygens (including phenoxy) is 1. The smallest absolute Gasteiger partial charge is 0.119 e. The van der Waals surface area contributed by atoms with E-state index < -0.39 is 11.3 Å². The Balaban J connectivity index is 0.000000487. The van der Waals surface area contributed by atoms with Gasteiger partial charge in [-0.05, 0) is 36.1 Å². The van der Waals surface area contributed by atoms with E-state index in [1.54, 1.807) is 7.11 Å². The summed E-state index contributed by atoms with van der Waals surface area (Å²) in [6.45, 7) is 4.36. The molecule has 0 aliphatic carbocycles. The molecule has 0 bridgehead atoms. The lowest BCUT2D eigenvalue weighted by Crippen LogP contribution is -1.97. The molecule has 1 unspecified atom stereocenters. The van der Waals surface area contributed by atoms with Crippen molar-refractivity contribution < 1.29 is 13.5 Å². The predicted octanol–water partition coefficient (Wildman–Crippen LogP) is 1.56. The van der Waals surface area contributed by atoms with Crippen molar-refractivity contribution in [2.45, 2.75) is 26.7 Å². The Hall–Kier alpha value is -0.910. The van der Waals surface area contributed by atoms with Crippen molar-refractivity contribution in [1.29, 1.82) is 0 Å². The van der Waals surface area contributed by atoms with Crippen LogP contribution in [0.2, 0.25) is 0 Å². The van der Waals surface area contributed by atoms with Crippen LogP contribution in [-0.4, -0.2) is 15.9 Å². The molecule has 0 saturated heterocycles. The van der Waals surface area contributed by atoms with Crippen molar-refractivity contribution in [1.82, 2.24) is 0 Å². The van der Waals surface area contributed by atoms with Crippen LogP contribution in [0.25, 0.3) is 0 Å². The molecule has 1 aromatic rings. The van der Waals surface area contributed by atoms with Gasteiger partial charge in [0.2, 0.25) is 0 Å². The lowest BCUT2D eigenvalue weighted by Gasteiger charge is -2.07. The summed E-state index contributed by atoms with van der Waals surface area (Å²) in [7, 11) is 1.71. The first-order chi connectivity index (χ1) is 7.54. The van der Waals surface area contributed by atoms with Crippen molar-refractivity contribution in [2.24, 2.45) is 5.14 Å². The van der Waals surface area contributed by atoms with Gasteiger partial charge in [-0.25, -0.2) is 0 Å². The monoisotopic (exact) mass is 244 g/mol. The normalized spacial score (nSPS) is 11.3. The summed E-state index contributed by atoms with van der Waals surface area (Å²) in [6, 6.07) is 6.30. The lowest BCUT2D eigenvalue weighted by molar-refractivity contribution is 0.414. The van der Waals surface area contributed by atoms with Gasteiger partial charge in [-0.3, -0.25) is 9.35 Å². The fourth-order valence-electron chi connectivity index (χ4n) is 1.40. The molecule has 0 amide bonds. The molecule has 0 spiro atoms. The topological polar surface area (TPSA) is 75.4 Å². The molecule has 0 saturated carbocycles. The average Bonchev–Trinajstić information content (AvgIpc) is 2.27. The van der Waals surface area contributed by atoms with Gasteiger partial charge in [0.1, 0.15) is 5.75 Å². The van der Waals surface area contributed by atoms with Crippen LogP contribution in [0.5, 0.6) is 5.75 Å². The maximum atomic E-state index is 8.78. The Labute approximate surface area is 99.2 Å². The van der Waals surface area contributed by atoms with E-state index in [0.717, 1.165) is 18.6 Å². The molecule has 5 heteroatoms. The van der Waals surface area contributed by atoms with E-state index >= 15 is 0 Å². The van der Waals surface area contributed by atoms with Gasteiger partial charge in [0.15, 0.2) is 0 Å². The minimum atomic E-state index is -2.36. The number of rotatable bonds is 3. The molecular formula is C11H18NO3S-. The largest absolute Gasteiger partial charge is 0.760 e. The summed E-state index contributed by atoms with van der Waals surface area (Å²) in [5.74, 6) is 0.962. The maximum absolute atomic E-state index is 8.78. The van der Waals surface area contributed by atoms with Gasteiger partial charge in [0.25, 0.3) is 0 Å².